The van der Waals surface area contributed by atoms with Crippen molar-refractivity contribution >= 4 is 22.0 Å². The van der Waals surface area contributed by atoms with E-state index in [1.165, 1.54) is 4.90 Å². The minimum atomic E-state index is -0.782. The summed E-state index contributed by atoms with van der Waals surface area (Å²) in [7, 11) is 0. The first kappa shape index (κ1) is 8.84. The normalized spacial score (nSPS) is 25.2. The van der Waals surface area contributed by atoms with Crippen LogP contribution >= 0.6 is 15.9 Å². The van der Waals surface area contributed by atoms with E-state index in [4.69, 9.17) is 5.11 Å². The van der Waals surface area contributed by atoms with Crippen molar-refractivity contribution in [3.8, 4) is 0 Å². The van der Waals surface area contributed by atoms with Crippen LogP contribution in [0.3, 0.4) is 0 Å². The first-order valence-electron chi connectivity index (χ1n) is 3.78. The van der Waals surface area contributed by atoms with Crippen molar-refractivity contribution in [2.24, 2.45) is 5.92 Å². The van der Waals surface area contributed by atoms with Crippen molar-refractivity contribution in [3.63, 3.8) is 0 Å². The fraction of sp³-hybridized carbons (Fsp3) is 0.857. The number of likely N-dealkylation sites (tertiary alicyclic amines) is 1. The van der Waals surface area contributed by atoms with Gasteiger partial charge in [0.1, 0.15) is 0 Å². The molecule has 1 aliphatic heterocycles. The summed E-state index contributed by atoms with van der Waals surface area (Å²) in [5.74, 6) is 0.514. The fourth-order valence-electron chi connectivity index (χ4n) is 1.36. The van der Waals surface area contributed by atoms with E-state index < -0.39 is 6.09 Å². The lowest BCUT2D eigenvalue weighted by Crippen LogP contribution is -2.39. The fourth-order valence-corrected chi connectivity index (χ4v) is 1.89. The summed E-state index contributed by atoms with van der Waals surface area (Å²) < 4.78 is 0. The minimum Gasteiger partial charge on any atom is -0.465 e. The molecule has 11 heavy (non-hydrogen) atoms. The first-order chi connectivity index (χ1) is 5.24. The Labute approximate surface area is 74.5 Å². The zero-order valence-electron chi connectivity index (χ0n) is 6.29. The van der Waals surface area contributed by atoms with Crippen molar-refractivity contribution in [3.05, 3.63) is 0 Å². The maximum atomic E-state index is 10.5. The van der Waals surface area contributed by atoms with Crippen LogP contribution in [-0.4, -0.2) is 34.5 Å². The number of carboxylic acid groups (broad SMARTS) is 1. The van der Waals surface area contributed by atoms with Crippen molar-refractivity contribution in [1.82, 2.24) is 4.90 Å². The molecule has 3 nitrogen and oxygen atoms in total. The Hall–Kier alpha value is -0.250. The lowest BCUT2D eigenvalue weighted by molar-refractivity contribution is 0.124. The van der Waals surface area contributed by atoms with Crippen LogP contribution in [0.15, 0.2) is 0 Å². The topological polar surface area (TPSA) is 40.5 Å². The number of amides is 1. The van der Waals surface area contributed by atoms with Gasteiger partial charge in [-0.25, -0.2) is 4.79 Å². The molecule has 0 aromatic carbocycles. The zero-order chi connectivity index (χ0) is 8.27. The van der Waals surface area contributed by atoms with Crippen LogP contribution in [0.2, 0.25) is 0 Å². The molecule has 0 aromatic heterocycles. The van der Waals surface area contributed by atoms with Gasteiger partial charge in [0.25, 0.3) is 0 Å². The second-order valence-corrected chi connectivity index (χ2v) is 3.54. The summed E-state index contributed by atoms with van der Waals surface area (Å²) in [6.45, 7) is 1.40. The van der Waals surface area contributed by atoms with Crippen LogP contribution in [0, 0.1) is 5.92 Å². The monoisotopic (exact) mass is 221 g/mol. The van der Waals surface area contributed by atoms with E-state index in [-0.39, 0.29) is 0 Å². The summed E-state index contributed by atoms with van der Waals surface area (Å²) in [6, 6.07) is 0. The molecule has 1 rings (SSSR count). The standard InChI is InChI=1S/C7H12BrNO2/c8-4-6-2-1-3-9(5-6)7(10)11/h6H,1-5H2,(H,10,11)/t6-/m1/s1. The number of carbonyl (C=O) groups is 1. The van der Waals surface area contributed by atoms with E-state index in [1.54, 1.807) is 0 Å². The molecule has 64 valence electrons. The maximum absolute atomic E-state index is 10.5. The van der Waals surface area contributed by atoms with Crippen LogP contribution in [0.5, 0.6) is 0 Å². The summed E-state index contributed by atoms with van der Waals surface area (Å²) in [5, 5.41) is 9.58. The summed E-state index contributed by atoms with van der Waals surface area (Å²) in [4.78, 5) is 12.0. The van der Waals surface area contributed by atoms with Gasteiger partial charge < -0.3 is 10.0 Å². The molecule has 1 atom stereocenters. The number of hydrogen-bond donors (Lipinski definition) is 1. The smallest absolute Gasteiger partial charge is 0.407 e. The lowest BCUT2D eigenvalue weighted by Gasteiger charge is -2.29. The zero-order valence-corrected chi connectivity index (χ0v) is 7.88. The Morgan fingerprint density at radius 2 is 2.45 bits per heavy atom. The van der Waals surface area contributed by atoms with E-state index in [9.17, 15) is 4.79 Å². The van der Waals surface area contributed by atoms with Gasteiger partial charge >= 0.3 is 6.09 Å². The molecule has 1 saturated heterocycles. The molecule has 0 bridgehead atoms. The predicted octanol–water partition coefficient (Wildman–Crippen LogP) is 1.77. The highest BCUT2D eigenvalue weighted by Crippen LogP contribution is 2.17. The number of hydrogen-bond acceptors (Lipinski definition) is 1. The molecule has 0 unspecified atom stereocenters. The molecule has 1 N–H and O–H groups in total. The average molecular weight is 222 g/mol. The third kappa shape index (κ3) is 2.36. The highest BCUT2D eigenvalue weighted by atomic mass is 79.9. The molecule has 0 radical (unpaired) electrons. The molecular weight excluding hydrogens is 210 g/mol. The van der Waals surface area contributed by atoms with Crippen LogP contribution in [0.25, 0.3) is 0 Å². The van der Waals surface area contributed by atoms with Crippen molar-refractivity contribution in [1.29, 1.82) is 0 Å². The van der Waals surface area contributed by atoms with E-state index in [0.29, 0.717) is 19.0 Å². The number of halogens is 1. The number of nitrogens with zero attached hydrogens (tertiary/aromatic N) is 1. The second-order valence-electron chi connectivity index (χ2n) is 2.89. The molecule has 1 fully saturated rings. The van der Waals surface area contributed by atoms with Gasteiger partial charge in [-0.15, -0.1) is 0 Å². The highest BCUT2D eigenvalue weighted by Gasteiger charge is 2.21. The molecule has 0 spiro atoms. The first-order valence-corrected chi connectivity index (χ1v) is 4.90. The van der Waals surface area contributed by atoms with Gasteiger partial charge in [-0.2, -0.15) is 0 Å². The summed E-state index contributed by atoms with van der Waals surface area (Å²) in [5.41, 5.74) is 0. The third-order valence-corrected chi connectivity index (χ3v) is 2.92. The van der Waals surface area contributed by atoms with E-state index >= 15 is 0 Å². The van der Waals surface area contributed by atoms with Crippen molar-refractivity contribution in [2.75, 3.05) is 18.4 Å². The van der Waals surface area contributed by atoms with Gasteiger partial charge in [0, 0.05) is 18.4 Å². The molecule has 0 aliphatic carbocycles. The Kier molecular flexibility index (Phi) is 3.17. The molecule has 0 aromatic rings. The highest BCUT2D eigenvalue weighted by molar-refractivity contribution is 9.09. The molecular formula is C7H12BrNO2. The molecule has 4 heteroatoms. The van der Waals surface area contributed by atoms with Gasteiger partial charge in [-0.3, -0.25) is 0 Å². The quantitative estimate of drug-likeness (QED) is 0.687. The Bertz CT molecular complexity index is 151. The van der Waals surface area contributed by atoms with Crippen molar-refractivity contribution in [2.45, 2.75) is 12.8 Å². The lowest BCUT2D eigenvalue weighted by atomic mass is 10.0. The van der Waals surface area contributed by atoms with Crippen LogP contribution in [0.1, 0.15) is 12.8 Å². The molecule has 1 heterocycles. The number of rotatable bonds is 1. The SMILES string of the molecule is O=C(O)N1CCC[C@H](CBr)C1. The number of piperidine rings is 1. The minimum absolute atomic E-state index is 0.514. The van der Waals surface area contributed by atoms with Gasteiger partial charge in [0.2, 0.25) is 0 Å². The van der Waals surface area contributed by atoms with Gasteiger partial charge in [0.15, 0.2) is 0 Å². The van der Waals surface area contributed by atoms with Crippen LogP contribution < -0.4 is 0 Å². The van der Waals surface area contributed by atoms with Gasteiger partial charge in [-0.05, 0) is 18.8 Å². The largest absolute Gasteiger partial charge is 0.465 e. The Morgan fingerprint density at radius 3 is 3.00 bits per heavy atom. The summed E-state index contributed by atoms with van der Waals surface area (Å²) >= 11 is 3.37. The Balaban J connectivity index is 2.39. The second kappa shape index (κ2) is 3.95. The van der Waals surface area contributed by atoms with E-state index in [0.717, 1.165) is 18.2 Å². The number of alkyl halides is 1. The Morgan fingerprint density at radius 1 is 1.73 bits per heavy atom. The van der Waals surface area contributed by atoms with Crippen LogP contribution in [0.4, 0.5) is 4.79 Å². The van der Waals surface area contributed by atoms with Crippen LogP contribution in [-0.2, 0) is 0 Å². The van der Waals surface area contributed by atoms with Gasteiger partial charge in [0.05, 0.1) is 0 Å². The molecule has 1 amide bonds. The molecule has 0 saturated carbocycles. The predicted molar refractivity (Wildman–Crippen MR) is 46.1 cm³/mol. The third-order valence-electron chi connectivity index (χ3n) is 2.01. The van der Waals surface area contributed by atoms with Crippen molar-refractivity contribution < 1.29 is 9.90 Å². The van der Waals surface area contributed by atoms with Gasteiger partial charge in [-0.1, -0.05) is 15.9 Å². The van der Waals surface area contributed by atoms with E-state index in [1.807, 2.05) is 0 Å². The average Bonchev–Trinajstić information content (AvgIpc) is 2.05. The maximum Gasteiger partial charge on any atom is 0.407 e. The van der Waals surface area contributed by atoms with E-state index in [2.05, 4.69) is 15.9 Å². The summed E-state index contributed by atoms with van der Waals surface area (Å²) in [6.07, 6.45) is 1.37. The molecule has 1 aliphatic rings.